The lowest BCUT2D eigenvalue weighted by Gasteiger charge is -2.19. The molecule has 0 radical (unpaired) electrons. The lowest BCUT2D eigenvalue weighted by atomic mass is 9.99. The molecule has 9 heteroatoms. The van der Waals surface area contributed by atoms with Gasteiger partial charge in [-0.05, 0) is 29.7 Å². The van der Waals surface area contributed by atoms with Gasteiger partial charge >= 0.3 is 0 Å². The van der Waals surface area contributed by atoms with Gasteiger partial charge in [0.1, 0.15) is 6.61 Å². The van der Waals surface area contributed by atoms with E-state index in [-0.39, 0.29) is 30.1 Å². The van der Waals surface area contributed by atoms with Crippen LogP contribution in [0.2, 0.25) is 0 Å². The number of nitrogens with one attached hydrogen (secondary N) is 1. The van der Waals surface area contributed by atoms with Gasteiger partial charge in [-0.15, -0.1) is 10.2 Å². The molecule has 0 aliphatic heterocycles. The monoisotopic (exact) mass is 477 g/mol. The smallest absolute Gasteiger partial charge is 0.230 e. The van der Waals surface area contributed by atoms with E-state index in [0.717, 1.165) is 11.1 Å². The van der Waals surface area contributed by atoms with Crippen LogP contribution in [0.1, 0.15) is 23.0 Å². The van der Waals surface area contributed by atoms with E-state index in [1.54, 1.807) is 12.1 Å². The molecule has 1 heterocycles. The third kappa shape index (κ3) is 6.14. The Morgan fingerprint density at radius 1 is 1.00 bits per heavy atom. The number of nitrogens with two attached hydrogens (primary N) is 1. The van der Waals surface area contributed by atoms with Gasteiger partial charge in [-0.3, -0.25) is 4.79 Å². The Hall–Kier alpha value is -3.85. The predicted molar refractivity (Wildman–Crippen MR) is 129 cm³/mol. The minimum Gasteiger partial charge on any atom is -0.482 e. The normalized spacial score (nSPS) is 11.7. The van der Waals surface area contributed by atoms with Crippen molar-refractivity contribution >= 4 is 17.7 Å². The molecule has 1 atom stereocenters. The summed E-state index contributed by atoms with van der Waals surface area (Å²) < 4.78 is 20.4. The molecule has 174 valence electrons. The summed E-state index contributed by atoms with van der Waals surface area (Å²) in [6, 6.07) is 25.8. The SMILES string of the molecule is Nn1c(COc2ccccc2F)nnc1SCC(=O)NC(Cc1ccccc1)c1ccccc1. The van der Waals surface area contributed by atoms with Gasteiger partial charge in [0.05, 0.1) is 11.8 Å². The van der Waals surface area contributed by atoms with Gasteiger partial charge in [-0.25, -0.2) is 9.07 Å². The summed E-state index contributed by atoms with van der Waals surface area (Å²) in [5.74, 6) is 5.96. The summed E-state index contributed by atoms with van der Waals surface area (Å²) in [6.07, 6.45) is 0.672. The van der Waals surface area contributed by atoms with Crippen LogP contribution in [0.3, 0.4) is 0 Å². The zero-order chi connectivity index (χ0) is 23.8. The Kier molecular flexibility index (Phi) is 7.77. The zero-order valence-corrected chi connectivity index (χ0v) is 19.1. The van der Waals surface area contributed by atoms with Gasteiger partial charge in [-0.1, -0.05) is 84.6 Å². The summed E-state index contributed by atoms with van der Waals surface area (Å²) >= 11 is 1.17. The maximum absolute atomic E-state index is 13.7. The molecular formula is C25H24FN5O2S. The van der Waals surface area contributed by atoms with Crippen LogP contribution >= 0.6 is 11.8 Å². The highest BCUT2D eigenvalue weighted by Gasteiger charge is 2.18. The summed E-state index contributed by atoms with van der Waals surface area (Å²) in [4.78, 5) is 12.8. The molecule has 0 saturated carbocycles. The number of hydrogen-bond donors (Lipinski definition) is 2. The lowest BCUT2D eigenvalue weighted by Crippen LogP contribution is -2.31. The van der Waals surface area contributed by atoms with Gasteiger partial charge in [0.15, 0.2) is 17.4 Å². The van der Waals surface area contributed by atoms with Crippen molar-refractivity contribution in [3.05, 3.63) is 108 Å². The molecule has 7 nitrogen and oxygen atoms in total. The van der Waals surface area contributed by atoms with Crippen molar-refractivity contribution in [2.24, 2.45) is 0 Å². The summed E-state index contributed by atoms with van der Waals surface area (Å²) in [7, 11) is 0. The second-order valence-corrected chi connectivity index (χ2v) is 8.44. The number of nitrogen functional groups attached to an aromatic ring is 1. The van der Waals surface area contributed by atoms with E-state index in [0.29, 0.717) is 17.4 Å². The molecule has 0 spiro atoms. The second kappa shape index (κ2) is 11.3. The van der Waals surface area contributed by atoms with Crippen LogP contribution in [-0.4, -0.2) is 26.5 Å². The van der Waals surface area contributed by atoms with Crippen LogP contribution in [-0.2, 0) is 17.8 Å². The Balaban J connectivity index is 1.35. The highest BCUT2D eigenvalue weighted by molar-refractivity contribution is 7.99. The number of nitrogens with zero attached hydrogens (tertiary/aromatic N) is 3. The lowest BCUT2D eigenvalue weighted by molar-refractivity contribution is -0.119. The predicted octanol–water partition coefficient (Wildman–Crippen LogP) is 3.90. The molecule has 0 bridgehead atoms. The fourth-order valence-electron chi connectivity index (χ4n) is 3.36. The molecule has 1 aromatic heterocycles. The van der Waals surface area contributed by atoms with Crippen LogP contribution in [0, 0.1) is 5.82 Å². The van der Waals surface area contributed by atoms with Crippen molar-refractivity contribution in [1.29, 1.82) is 0 Å². The van der Waals surface area contributed by atoms with Crippen molar-refractivity contribution < 1.29 is 13.9 Å². The molecule has 4 aromatic rings. The average Bonchev–Trinajstić information content (AvgIpc) is 3.22. The molecule has 0 fully saturated rings. The Morgan fingerprint density at radius 2 is 1.68 bits per heavy atom. The van der Waals surface area contributed by atoms with E-state index in [2.05, 4.69) is 15.5 Å². The largest absolute Gasteiger partial charge is 0.482 e. The first kappa shape index (κ1) is 23.3. The van der Waals surface area contributed by atoms with Gasteiger partial charge in [0, 0.05) is 0 Å². The van der Waals surface area contributed by atoms with Crippen LogP contribution < -0.4 is 15.9 Å². The van der Waals surface area contributed by atoms with E-state index in [4.69, 9.17) is 10.6 Å². The zero-order valence-electron chi connectivity index (χ0n) is 18.3. The van der Waals surface area contributed by atoms with E-state index >= 15 is 0 Å². The summed E-state index contributed by atoms with van der Waals surface area (Å²) in [5.41, 5.74) is 2.16. The molecule has 34 heavy (non-hydrogen) atoms. The Bertz CT molecular complexity index is 1220. The van der Waals surface area contributed by atoms with Crippen LogP contribution in [0.5, 0.6) is 5.75 Å². The number of thioether (sulfide) groups is 1. The topological polar surface area (TPSA) is 95.1 Å². The van der Waals surface area contributed by atoms with Crippen LogP contribution in [0.15, 0.2) is 90.1 Å². The third-order valence-electron chi connectivity index (χ3n) is 5.08. The van der Waals surface area contributed by atoms with Crippen molar-refractivity contribution in [1.82, 2.24) is 20.2 Å². The molecule has 0 aliphatic rings. The van der Waals surface area contributed by atoms with Crippen molar-refractivity contribution in [2.45, 2.75) is 24.2 Å². The fourth-order valence-corrected chi connectivity index (χ4v) is 4.05. The minimum absolute atomic E-state index is 0.0512. The van der Waals surface area contributed by atoms with Gasteiger partial charge in [0.2, 0.25) is 11.1 Å². The Labute approximate surface area is 201 Å². The molecule has 1 amide bonds. The molecular weight excluding hydrogens is 453 g/mol. The molecule has 0 aliphatic carbocycles. The Morgan fingerprint density at radius 3 is 2.41 bits per heavy atom. The molecule has 0 saturated heterocycles. The number of carbonyl (C=O) groups excluding carboxylic acids is 1. The number of para-hydroxylation sites is 1. The number of aromatic nitrogens is 3. The molecule has 3 aromatic carbocycles. The number of amides is 1. The summed E-state index contributed by atoms with van der Waals surface area (Å²) in [5, 5.41) is 11.5. The number of carbonyl (C=O) groups is 1. The standard InChI is InChI=1S/C25H24FN5O2S/c26-20-13-7-8-14-22(20)33-16-23-29-30-25(31(23)27)34-17-24(32)28-21(19-11-5-2-6-12-19)15-18-9-3-1-4-10-18/h1-14,21H,15-17,27H2,(H,28,32). The fraction of sp³-hybridized carbons (Fsp3) is 0.160. The second-order valence-electron chi connectivity index (χ2n) is 7.50. The first-order valence-electron chi connectivity index (χ1n) is 10.7. The van der Waals surface area contributed by atoms with Crippen molar-refractivity contribution in [2.75, 3.05) is 11.6 Å². The quantitative estimate of drug-likeness (QED) is 0.266. The van der Waals surface area contributed by atoms with Crippen molar-refractivity contribution in [3.8, 4) is 5.75 Å². The van der Waals surface area contributed by atoms with Crippen LogP contribution in [0.4, 0.5) is 4.39 Å². The highest BCUT2D eigenvalue weighted by Crippen LogP contribution is 2.21. The first-order chi connectivity index (χ1) is 16.6. The van der Waals surface area contributed by atoms with Gasteiger partial charge in [-0.2, -0.15) is 0 Å². The summed E-state index contributed by atoms with van der Waals surface area (Å²) in [6.45, 7) is -0.0512. The first-order valence-corrected chi connectivity index (χ1v) is 11.7. The van der Waals surface area contributed by atoms with Crippen LogP contribution in [0.25, 0.3) is 0 Å². The average molecular weight is 478 g/mol. The third-order valence-corrected chi connectivity index (χ3v) is 6.02. The number of rotatable bonds is 10. The molecule has 3 N–H and O–H groups in total. The number of ether oxygens (including phenoxy) is 1. The van der Waals surface area contributed by atoms with E-state index in [9.17, 15) is 9.18 Å². The highest BCUT2D eigenvalue weighted by atomic mass is 32.2. The molecule has 4 rings (SSSR count). The van der Waals surface area contributed by atoms with E-state index in [1.165, 1.54) is 28.6 Å². The van der Waals surface area contributed by atoms with Gasteiger partial charge < -0.3 is 15.9 Å². The maximum atomic E-state index is 13.7. The minimum atomic E-state index is -0.472. The number of hydrogen-bond acceptors (Lipinski definition) is 6. The maximum Gasteiger partial charge on any atom is 0.230 e. The van der Waals surface area contributed by atoms with E-state index < -0.39 is 5.82 Å². The van der Waals surface area contributed by atoms with E-state index in [1.807, 2.05) is 60.7 Å². The number of halogens is 1. The van der Waals surface area contributed by atoms with Crippen molar-refractivity contribution in [3.63, 3.8) is 0 Å². The van der Waals surface area contributed by atoms with Gasteiger partial charge in [0.25, 0.3) is 0 Å². The molecule has 1 unspecified atom stereocenters. The number of benzene rings is 3.